The fourth-order valence-corrected chi connectivity index (χ4v) is 2.93. The van der Waals surface area contributed by atoms with Gasteiger partial charge in [0.05, 0.1) is 12.7 Å². The van der Waals surface area contributed by atoms with Gasteiger partial charge in [0.25, 0.3) is 0 Å². The molecule has 1 N–H and O–H groups in total. The van der Waals surface area contributed by atoms with E-state index in [0.717, 1.165) is 26.2 Å². The zero-order valence-corrected chi connectivity index (χ0v) is 13.2. The van der Waals surface area contributed by atoms with Crippen molar-refractivity contribution < 1.29 is 9.90 Å². The van der Waals surface area contributed by atoms with Crippen LogP contribution in [-0.2, 0) is 6.54 Å². The summed E-state index contributed by atoms with van der Waals surface area (Å²) in [6.07, 6.45) is 1.49. The van der Waals surface area contributed by atoms with Crippen LogP contribution in [0.2, 0.25) is 0 Å². The third kappa shape index (κ3) is 3.68. The van der Waals surface area contributed by atoms with E-state index in [4.69, 9.17) is 5.11 Å². The monoisotopic (exact) mass is 315 g/mol. The van der Waals surface area contributed by atoms with Crippen LogP contribution < -0.4 is 4.90 Å². The lowest BCUT2D eigenvalue weighted by molar-refractivity contribution is 0.0690. The van der Waals surface area contributed by atoms with Gasteiger partial charge >= 0.3 is 5.97 Å². The van der Waals surface area contributed by atoms with Gasteiger partial charge in [-0.25, -0.2) is 4.79 Å². The molecule has 0 aliphatic carbocycles. The molecule has 23 heavy (non-hydrogen) atoms. The number of aromatic carboxylic acids is 1. The highest BCUT2D eigenvalue weighted by Gasteiger charge is 2.22. The van der Waals surface area contributed by atoms with Gasteiger partial charge in [0.1, 0.15) is 0 Å². The molecule has 2 aromatic rings. The number of piperazine rings is 1. The van der Waals surface area contributed by atoms with Crippen LogP contribution in [0.5, 0.6) is 0 Å². The second-order valence-corrected chi connectivity index (χ2v) is 5.84. The van der Waals surface area contributed by atoms with Crippen molar-refractivity contribution in [2.24, 2.45) is 0 Å². The Morgan fingerprint density at radius 2 is 1.91 bits per heavy atom. The molecule has 0 amide bonds. The number of benzene rings is 1. The van der Waals surface area contributed by atoms with E-state index in [-0.39, 0.29) is 11.7 Å². The molecular weight excluding hydrogens is 294 g/mol. The summed E-state index contributed by atoms with van der Waals surface area (Å²) < 4.78 is 1.61. The minimum absolute atomic E-state index is 0.00824. The van der Waals surface area contributed by atoms with E-state index in [9.17, 15) is 4.79 Å². The highest BCUT2D eigenvalue weighted by molar-refractivity contribution is 5.84. The summed E-state index contributed by atoms with van der Waals surface area (Å²) in [6.45, 7) is 6.73. The van der Waals surface area contributed by atoms with Crippen molar-refractivity contribution >= 4 is 11.7 Å². The fraction of sp³-hybridized carbons (Fsp3) is 0.438. The average Bonchev–Trinajstić information content (AvgIpc) is 3.04. The first-order valence-corrected chi connectivity index (χ1v) is 7.81. The molecule has 122 valence electrons. The number of nitrogens with zero attached hydrogens (tertiary/aromatic N) is 5. The molecule has 1 aliphatic heterocycles. The second kappa shape index (κ2) is 6.78. The van der Waals surface area contributed by atoms with Gasteiger partial charge in [-0.05, 0) is 19.1 Å². The summed E-state index contributed by atoms with van der Waals surface area (Å²) in [5.74, 6) is -1.04. The molecule has 0 bridgehead atoms. The molecule has 1 atom stereocenters. The number of hydrogen-bond acceptors (Lipinski definition) is 5. The molecule has 1 fully saturated rings. The molecule has 1 aromatic heterocycles. The van der Waals surface area contributed by atoms with Crippen LogP contribution in [0.3, 0.4) is 0 Å². The van der Waals surface area contributed by atoms with Crippen LogP contribution in [0, 0.1) is 0 Å². The number of hydrogen-bond donors (Lipinski definition) is 1. The Balaban J connectivity index is 1.53. The van der Waals surface area contributed by atoms with E-state index in [1.165, 1.54) is 11.9 Å². The van der Waals surface area contributed by atoms with Gasteiger partial charge in [-0.15, -0.1) is 5.10 Å². The number of carboxylic acids is 1. The number of aromatic nitrogens is 3. The zero-order valence-electron chi connectivity index (χ0n) is 13.2. The van der Waals surface area contributed by atoms with Crippen molar-refractivity contribution in [2.45, 2.75) is 19.5 Å². The van der Waals surface area contributed by atoms with Crippen LogP contribution in [-0.4, -0.2) is 63.2 Å². The van der Waals surface area contributed by atoms with Crippen molar-refractivity contribution in [3.63, 3.8) is 0 Å². The standard InChI is InChI=1S/C16H21N5O2/c1-13(11-21-12-15(16(22)23)17-18-21)19-7-9-20(10-8-19)14-5-3-2-4-6-14/h2-6,12-13H,7-11H2,1H3,(H,22,23)/t13-/m0/s1. The molecule has 7 heteroatoms. The zero-order chi connectivity index (χ0) is 16.2. The van der Waals surface area contributed by atoms with Crippen molar-refractivity contribution in [3.05, 3.63) is 42.2 Å². The smallest absolute Gasteiger partial charge is 0.358 e. The summed E-state index contributed by atoms with van der Waals surface area (Å²) in [5.41, 5.74) is 1.26. The summed E-state index contributed by atoms with van der Waals surface area (Å²) >= 11 is 0. The van der Waals surface area contributed by atoms with E-state index in [2.05, 4.69) is 51.3 Å². The quantitative estimate of drug-likeness (QED) is 0.893. The molecule has 1 saturated heterocycles. The molecule has 0 spiro atoms. The Morgan fingerprint density at radius 1 is 1.22 bits per heavy atom. The number of anilines is 1. The molecule has 1 aliphatic rings. The van der Waals surface area contributed by atoms with Crippen molar-refractivity contribution in [1.29, 1.82) is 0 Å². The Kier molecular flexibility index (Phi) is 4.57. The molecule has 2 heterocycles. The van der Waals surface area contributed by atoms with Gasteiger partial charge in [0.2, 0.25) is 0 Å². The topological polar surface area (TPSA) is 74.5 Å². The predicted octanol–water partition coefficient (Wildman–Crippen LogP) is 1.19. The summed E-state index contributed by atoms with van der Waals surface area (Å²) in [5, 5.41) is 16.4. The molecule has 0 saturated carbocycles. The fourth-order valence-electron chi connectivity index (χ4n) is 2.93. The minimum atomic E-state index is -1.04. The van der Waals surface area contributed by atoms with Crippen LogP contribution in [0.1, 0.15) is 17.4 Å². The van der Waals surface area contributed by atoms with Gasteiger partial charge in [0, 0.05) is 37.9 Å². The van der Waals surface area contributed by atoms with Crippen molar-refractivity contribution in [1.82, 2.24) is 19.9 Å². The lowest BCUT2D eigenvalue weighted by atomic mass is 10.2. The van der Waals surface area contributed by atoms with Gasteiger partial charge in [-0.3, -0.25) is 9.58 Å². The number of carboxylic acid groups (broad SMARTS) is 1. The maximum Gasteiger partial charge on any atom is 0.358 e. The predicted molar refractivity (Wildman–Crippen MR) is 86.7 cm³/mol. The molecule has 3 rings (SSSR count). The van der Waals surface area contributed by atoms with Crippen LogP contribution in [0.25, 0.3) is 0 Å². The molecule has 1 aromatic carbocycles. The first kappa shape index (κ1) is 15.5. The van der Waals surface area contributed by atoms with E-state index in [0.29, 0.717) is 6.54 Å². The Bertz CT molecular complexity index is 650. The van der Waals surface area contributed by atoms with E-state index in [1.54, 1.807) is 4.68 Å². The van der Waals surface area contributed by atoms with Crippen LogP contribution >= 0.6 is 0 Å². The first-order valence-electron chi connectivity index (χ1n) is 7.81. The van der Waals surface area contributed by atoms with Gasteiger partial charge in [0.15, 0.2) is 5.69 Å². The largest absolute Gasteiger partial charge is 0.476 e. The van der Waals surface area contributed by atoms with Gasteiger partial charge in [-0.2, -0.15) is 0 Å². The lowest BCUT2D eigenvalue weighted by Crippen LogP contribution is -2.50. The van der Waals surface area contributed by atoms with E-state index >= 15 is 0 Å². The number of carbonyl (C=O) groups is 1. The summed E-state index contributed by atoms with van der Waals surface area (Å²) in [4.78, 5) is 15.6. The average molecular weight is 315 g/mol. The van der Waals surface area contributed by atoms with E-state index < -0.39 is 5.97 Å². The second-order valence-electron chi connectivity index (χ2n) is 5.84. The first-order chi connectivity index (χ1) is 11.1. The van der Waals surface area contributed by atoms with E-state index in [1.807, 2.05) is 6.07 Å². The van der Waals surface area contributed by atoms with Gasteiger partial charge < -0.3 is 10.0 Å². The third-order valence-corrected chi connectivity index (χ3v) is 4.27. The maximum atomic E-state index is 10.8. The SMILES string of the molecule is C[C@@H](Cn1cc(C(=O)O)nn1)N1CCN(c2ccccc2)CC1. The Hall–Kier alpha value is -2.41. The lowest BCUT2D eigenvalue weighted by Gasteiger charge is -2.39. The minimum Gasteiger partial charge on any atom is -0.476 e. The van der Waals surface area contributed by atoms with Crippen molar-refractivity contribution in [2.75, 3.05) is 31.1 Å². The molecular formula is C16H21N5O2. The normalized spacial score (nSPS) is 17.2. The van der Waals surface area contributed by atoms with Crippen molar-refractivity contribution in [3.8, 4) is 0 Å². The van der Waals surface area contributed by atoms with Crippen LogP contribution in [0.15, 0.2) is 36.5 Å². The summed E-state index contributed by atoms with van der Waals surface area (Å²) in [6, 6.07) is 10.7. The molecule has 7 nitrogen and oxygen atoms in total. The maximum absolute atomic E-state index is 10.8. The van der Waals surface area contributed by atoms with Gasteiger partial charge in [-0.1, -0.05) is 23.4 Å². The molecule has 0 radical (unpaired) electrons. The summed E-state index contributed by atoms with van der Waals surface area (Å²) in [7, 11) is 0. The number of rotatable bonds is 5. The van der Waals surface area contributed by atoms with Crippen LogP contribution in [0.4, 0.5) is 5.69 Å². The highest BCUT2D eigenvalue weighted by atomic mass is 16.4. The highest BCUT2D eigenvalue weighted by Crippen LogP contribution is 2.17. The Labute approximate surface area is 135 Å². The molecule has 0 unspecified atom stereocenters. The Morgan fingerprint density at radius 3 is 2.52 bits per heavy atom. The number of para-hydroxylation sites is 1. The third-order valence-electron chi connectivity index (χ3n) is 4.27.